The van der Waals surface area contributed by atoms with E-state index in [0.717, 1.165) is 23.0 Å². The molecule has 0 saturated carbocycles. The van der Waals surface area contributed by atoms with Gasteiger partial charge in [-0.15, -0.1) is 10.2 Å². The molecule has 0 radical (unpaired) electrons. The third-order valence-electron chi connectivity index (χ3n) is 3.08. The van der Waals surface area contributed by atoms with Crippen molar-refractivity contribution in [1.82, 2.24) is 10.2 Å². The lowest BCUT2D eigenvalue weighted by molar-refractivity contribution is 0.591. The second-order valence-corrected chi connectivity index (χ2v) is 7.95. The summed E-state index contributed by atoms with van der Waals surface area (Å²) in [5.74, 6) is -1.26. The van der Waals surface area contributed by atoms with Gasteiger partial charge in [-0.2, -0.15) is 0 Å². The van der Waals surface area contributed by atoms with Crippen LogP contribution < -0.4 is 4.72 Å². The summed E-state index contributed by atoms with van der Waals surface area (Å²) in [5.41, 5.74) is 0.747. The van der Waals surface area contributed by atoms with Gasteiger partial charge < -0.3 is 0 Å². The number of hydrogen-bond donors (Lipinski definition) is 1. The summed E-state index contributed by atoms with van der Waals surface area (Å²) >= 11 is 6.96. The molecular formula is C15H11ClFN3O2S2. The van der Waals surface area contributed by atoms with Crippen LogP contribution >= 0.6 is 22.9 Å². The van der Waals surface area contributed by atoms with Gasteiger partial charge in [0.15, 0.2) is 0 Å². The Morgan fingerprint density at radius 2 is 1.83 bits per heavy atom. The highest BCUT2D eigenvalue weighted by Crippen LogP contribution is 2.28. The van der Waals surface area contributed by atoms with E-state index in [2.05, 4.69) is 14.9 Å². The molecule has 1 N–H and O–H groups in total. The first-order chi connectivity index (χ1) is 11.4. The van der Waals surface area contributed by atoms with E-state index in [9.17, 15) is 12.8 Å². The van der Waals surface area contributed by atoms with Gasteiger partial charge in [0.05, 0.1) is 5.75 Å². The maximum Gasteiger partial charge on any atom is 0.238 e. The zero-order valence-corrected chi connectivity index (χ0v) is 14.5. The summed E-state index contributed by atoms with van der Waals surface area (Å²) in [6.45, 7) is 0. The molecule has 0 aliphatic carbocycles. The van der Waals surface area contributed by atoms with Crippen molar-refractivity contribution in [2.45, 2.75) is 5.75 Å². The van der Waals surface area contributed by atoms with E-state index < -0.39 is 21.6 Å². The second kappa shape index (κ2) is 6.84. The van der Waals surface area contributed by atoms with Gasteiger partial charge in [0.1, 0.15) is 10.8 Å². The lowest BCUT2D eigenvalue weighted by atomic mass is 10.2. The molecule has 0 bridgehead atoms. The van der Waals surface area contributed by atoms with Gasteiger partial charge in [-0.25, -0.2) is 12.8 Å². The van der Waals surface area contributed by atoms with Crippen LogP contribution in [0, 0.1) is 5.82 Å². The first-order valence-electron chi connectivity index (χ1n) is 6.77. The van der Waals surface area contributed by atoms with Gasteiger partial charge in [0.25, 0.3) is 0 Å². The summed E-state index contributed by atoms with van der Waals surface area (Å²) in [5, 5.41) is 8.52. The Labute approximate surface area is 147 Å². The Morgan fingerprint density at radius 1 is 1.08 bits per heavy atom. The average Bonchev–Trinajstić information content (AvgIpc) is 3.00. The number of sulfonamides is 1. The van der Waals surface area contributed by atoms with Crippen molar-refractivity contribution >= 4 is 38.1 Å². The van der Waals surface area contributed by atoms with Gasteiger partial charge in [-0.3, -0.25) is 4.72 Å². The van der Waals surface area contributed by atoms with E-state index in [1.165, 1.54) is 12.1 Å². The number of nitrogens with zero attached hydrogens (tertiary/aromatic N) is 2. The molecule has 124 valence electrons. The largest absolute Gasteiger partial charge is 0.257 e. The third kappa shape index (κ3) is 3.89. The monoisotopic (exact) mass is 383 g/mol. The van der Waals surface area contributed by atoms with Gasteiger partial charge in [-0.05, 0) is 12.1 Å². The number of hydrogen-bond acceptors (Lipinski definition) is 5. The zero-order chi connectivity index (χ0) is 17.2. The Balaban J connectivity index is 1.79. The van der Waals surface area contributed by atoms with E-state index in [4.69, 9.17) is 11.6 Å². The Bertz CT molecular complexity index is 942. The smallest absolute Gasteiger partial charge is 0.238 e. The second-order valence-electron chi connectivity index (χ2n) is 4.84. The Hall–Kier alpha value is -2.03. The van der Waals surface area contributed by atoms with E-state index in [0.29, 0.717) is 5.01 Å². The molecule has 5 nitrogen and oxygen atoms in total. The highest BCUT2D eigenvalue weighted by Gasteiger charge is 2.19. The maximum absolute atomic E-state index is 13.7. The summed E-state index contributed by atoms with van der Waals surface area (Å²) in [7, 11) is -3.87. The summed E-state index contributed by atoms with van der Waals surface area (Å²) in [6, 6.07) is 13.3. The SMILES string of the molecule is O=S(=O)(Cc1c(F)cccc1Cl)Nc1nnc(-c2ccccc2)s1. The number of nitrogens with one attached hydrogen (secondary N) is 1. The summed E-state index contributed by atoms with van der Waals surface area (Å²) < 4.78 is 40.5. The molecule has 0 saturated heterocycles. The van der Waals surface area contributed by atoms with Crippen LogP contribution in [0.25, 0.3) is 10.6 Å². The zero-order valence-electron chi connectivity index (χ0n) is 12.1. The van der Waals surface area contributed by atoms with Crippen LogP contribution in [0.5, 0.6) is 0 Å². The molecule has 24 heavy (non-hydrogen) atoms. The predicted octanol–water partition coefficient (Wildman–Crippen LogP) is 3.94. The first kappa shape index (κ1) is 16.8. The predicted molar refractivity (Wildman–Crippen MR) is 93.0 cm³/mol. The molecule has 9 heteroatoms. The molecule has 0 fully saturated rings. The van der Waals surface area contributed by atoms with Crippen LogP contribution in [-0.4, -0.2) is 18.6 Å². The van der Waals surface area contributed by atoms with Crippen molar-refractivity contribution in [1.29, 1.82) is 0 Å². The Morgan fingerprint density at radius 3 is 2.54 bits per heavy atom. The van der Waals surface area contributed by atoms with Crippen LogP contribution in [-0.2, 0) is 15.8 Å². The van der Waals surface area contributed by atoms with Gasteiger partial charge in [-0.1, -0.05) is 59.3 Å². The minimum absolute atomic E-state index is 0.0580. The average molecular weight is 384 g/mol. The molecule has 0 unspecified atom stereocenters. The summed E-state index contributed by atoms with van der Waals surface area (Å²) in [6.07, 6.45) is 0. The lowest BCUT2D eigenvalue weighted by Crippen LogP contribution is -2.16. The fraction of sp³-hybridized carbons (Fsp3) is 0.0667. The van der Waals surface area contributed by atoms with Gasteiger partial charge in [0.2, 0.25) is 15.2 Å². The number of rotatable bonds is 5. The van der Waals surface area contributed by atoms with Gasteiger partial charge >= 0.3 is 0 Å². The molecule has 3 rings (SSSR count). The minimum Gasteiger partial charge on any atom is -0.257 e. The molecule has 0 spiro atoms. The van der Waals surface area contributed by atoms with E-state index in [1.54, 1.807) is 0 Å². The number of anilines is 1. The molecule has 1 heterocycles. The number of benzene rings is 2. The molecule has 3 aromatic rings. The number of aromatic nitrogens is 2. The third-order valence-corrected chi connectivity index (χ3v) is 5.63. The van der Waals surface area contributed by atoms with Crippen LogP contribution in [0.2, 0.25) is 5.02 Å². The molecular weight excluding hydrogens is 373 g/mol. The topological polar surface area (TPSA) is 72.0 Å². The van der Waals surface area contributed by atoms with Crippen molar-refractivity contribution in [2.24, 2.45) is 0 Å². The molecule has 0 atom stereocenters. The maximum atomic E-state index is 13.7. The molecule has 0 aliphatic rings. The van der Waals surface area contributed by atoms with E-state index >= 15 is 0 Å². The molecule has 1 aromatic heterocycles. The fourth-order valence-electron chi connectivity index (χ4n) is 1.99. The van der Waals surface area contributed by atoms with Crippen LogP contribution in [0.4, 0.5) is 9.52 Å². The Kier molecular flexibility index (Phi) is 4.79. The van der Waals surface area contributed by atoms with E-state index in [-0.39, 0.29) is 15.7 Å². The fourth-order valence-corrected chi connectivity index (χ4v) is 4.50. The minimum atomic E-state index is -3.87. The standard InChI is InChI=1S/C15H11ClFN3O2S2/c16-12-7-4-8-13(17)11(12)9-24(21,22)20-15-19-18-14(23-15)10-5-2-1-3-6-10/h1-8H,9H2,(H,19,20). The molecule has 2 aromatic carbocycles. The first-order valence-corrected chi connectivity index (χ1v) is 9.61. The van der Waals surface area contributed by atoms with Gasteiger partial charge in [0, 0.05) is 16.1 Å². The molecule has 0 aliphatic heterocycles. The van der Waals surface area contributed by atoms with Crippen LogP contribution in [0.1, 0.15) is 5.56 Å². The van der Waals surface area contributed by atoms with Crippen molar-refractivity contribution in [3.8, 4) is 10.6 Å². The normalized spacial score (nSPS) is 11.4. The van der Waals surface area contributed by atoms with Crippen molar-refractivity contribution < 1.29 is 12.8 Å². The van der Waals surface area contributed by atoms with E-state index in [1.807, 2.05) is 30.3 Å². The summed E-state index contributed by atoms with van der Waals surface area (Å²) in [4.78, 5) is 0. The highest BCUT2D eigenvalue weighted by atomic mass is 35.5. The highest BCUT2D eigenvalue weighted by molar-refractivity contribution is 7.92. The van der Waals surface area contributed by atoms with Crippen molar-refractivity contribution in [2.75, 3.05) is 4.72 Å². The number of halogens is 2. The quantitative estimate of drug-likeness (QED) is 0.724. The lowest BCUT2D eigenvalue weighted by Gasteiger charge is -2.07. The molecule has 0 amide bonds. The van der Waals surface area contributed by atoms with Crippen LogP contribution in [0.3, 0.4) is 0 Å². The van der Waals surface area contributed by atoms with Crippen LogP contribution in [0.15, 0.2) is 48.5 Å². The van der Waals surface area contributed by atoms with Crippen molar-refractivity contribution in [3.63, 3.8) is 0 Å². The van der Waals surface area contributed by atoms with Crippen molar-refractivity contribution in [3.05, 3.63) is 64.9 Å².